The van der Waals surface area contributed by atoms with Crippen molar-refractivity contribution in [3.05, 3.63) is 28.7 Å². The summed E-state index contributed by atoms with van der Waals surface area (Å²) in [6, 6.07) is 7.09. The molecule has 0 unspecified atom stereocenters. The first-order valence-electron chi connectivity index (χ1n) is 5.50. The van der Waals surface area contributed by atoms with Gasteiger partial charge in [-0.2, -0.15) is 0 Å². The Bertz CT molecular complexity index is 449. The number of benzene rings is 1. The van der Waals surface area contributed by atoms with Crippen molar-refractivity contribution in [2.24, 2.45) is 0 Å². The lowest BCUT2D eigenvalue weighted by Gasteiger charge is -2.08. The zero-order valence-electron chi connectivity index (χ0n) is 9.74. The molecule has 4 nitrogen and oxygen atoms in total. The van der Waals surface area contributed by atoms with Crippen LogP contribution in [0.3, 0.4) is 0 Å². The highest BCUT2D eigenvalue weighted by Gasteiger charge is 2.09. The van der Waals surface area contributed by atoms with E-state index in [4.69, 9.17) is 0 Å². The first kappa shape index (κ1) is 14.5. The van der Waals surface area contributed by atoms with Gasteiger partial charge in [0.05, 0.1) is 5.75 Å². The molecular weight excluding hydrogens is 304 g/mol. The Morgan fingerprint density at radius 3 is 2.71 bits per heavy atom. The van der Waals surface area contributed by atoms with Crippen LogP contribution in [0.5, 0.6) is 0 Å². The van der Waals surface area contributed by atoms with Crippen LogP contribution in [0, 0.1) is 0 Å². The van der Waals surface area contributed by atoms with Crippen LogP contribution in [0.4, 0.5) is 5.69 Å². The highest BCUT2D eigenvalue weighted by atomic mass is 79.9. The second kappa shape index (κ2) is 6.98. The Morgan fingerprint density at radius 1 is 1.29 bits per heavy atom. The van der Waals surface area contributed by atoms with E-state index in [1.165, 1.54) is 0 Å². The minimum atomic E-state index is -3.27. The fourth-order valence-electron chi connectivity index (χ4n) is 1.29. The topological polar surface area (TPSA) is 58.2 Å². The second-order valence-corrected chi connectivity index (χ2v) is 6.44. The van der Waals surface area contributed by atoms with Gasteiger partial charge in [-0.3, -0.25) is 4.72 Å². The van der Waals surface area contributed by atoms with Crippen molar-refractivity contribution < 1.29 is 8.42 Å². The number of hydrogen-bond acceptors (Lipinski definition) is 3. The van der Waals surface area contributed by atoms with Crippen LogP contribution >= 0.6 is 15.9 Å². The SMILES string of the molecule is CCCNCCS(=O)(=O)Nc1cccc(Br)c1. The van der Waals surface area contributed by atoms with Gasteiger partial charge in [0.25, 0.3) is 0 Å². The van der Waals surface area contributed by atoms with E-state index >= 15 is 0 Å². The number of hydrogen-bond donors (Lipinski definition) is 2. The molecule has 0 atom stereocenters. The van der Waals surface area contributed by atoms with Crippen molar-refractivity contribution in [3.8, 4) is 0 Å². The lowest BCUT2D eigenvalue weighted by molar-refractivity contribution is 0.595. The van der Waals surface area contributed by atoms with Gasteiger partial charge in [-0.1, -0.05) is 28.9 Å². The molecule has 0 aromatic heterocycles. The Morgan fingerprint density at radius 2 is 2.06 bits per heavy atom. The molecule has 0 radical (unpaired) electrons. The second-order valence-electron chi connectivity index (χ2n) is 3.68. The number of anilines is 1. The van der Waals surface area contributed by atoms with Crippen molar-refractivity contribution in [1.82, 2.24) is 5.32 Å². The van der Waals surface area contributed by atoms with Gasteiger partial charge in [0, 0.05) is 16.7 Å². The van der Waals surface area contributed by atoms with E-state index < -0.39 is 10.0 Å². The van der Waals surface area contributed by atoms with Crippen molar-refractivity contribution in [1.29, 1.82) is 0 Å². The van der Waals surface area contributed by atoms with Gasteiger partial charge in [0.2, 0.25) is 10.0 Å². The molecule has 0 fully saturated rings. The van der Waals surface area contributed by atoms with Crippen molar-refractivity contribution in [2.45, 2.75) is 13.3 Å². The van der Waals surface area contributed by atoms with E-state index in [9.17, 15) is 8.42 Å². The predicted molar refractivity (Wildman–Crippen MR) is 74.7 cm³/mol. The maximum Gasteiger partial charge on any atom is 0.233 e. The van der Waals surface area contributed by atoms with Gasteiger partial charge in [-0.15, -0.1) is 0 Å². The van der Waals surface area contributed by atoms with Crippen LogP contribution in [-0.2, 0) is 10.0 Å². The molecule has 0 spiro atoms. The fourth-order valence-corrected chi connectivity index (χ4v) is 2.69. The summed E-state index contributed by atoms with van der Waals surface area (Å²) in [4.78, 5) is 0. The number of halogens is 1. The molecule has 0 saturated carbocycles. The molecule has 96 valence electrons. The Hall–Kier alpha value is -0.590. The number of nitrogens with one attached hydrogen (secondary N) is 2. The van der Waals surface area contributed by atoms with E-state index in [0.717, 1.165) is 17.4 Å². The summed E-state index contributed by atoms with van der Waals surface area (Å²) in [5, 5.41) is 3.06. The zero-order valence-corrected chi connectivity index (χ0v) is 12.1. The maximum absolute atomic E-state index is 11.7. The monoisotopic (exact) mass is 320 g/mol. The van der Waals surface area contributed by atoms with Crippen LogP contribution in [-0.4, -0.2) is 27.3 Å². The maximum atomic E-state index is 11.7. The van der Waals surface area contributed by atoms with E-state index in [1.807, 2.05) is 13.0 Å². The van der Waals surface area contributed by atoms with Gasteiger partial charge in [0.15, 0.2) is 0 Å². The van der Waals surface area contributed by atoms with Gasteiger partial charge in [0.1, 0.15) is 0 Å². The molecule has 17 heavy (non-hydrogen) atoms. The zero-order chi connectivity index (χ0) is 12.7. The highest BCUT2D eigenvalue weighted by molar-refractivity contribution is 9.10. The lowest BCUT2D eigenvalue weighted by Crippen LogP contribution is -2.27. The summed E-state index contributed by atoms with van der Waals surface area (Å²) in [7, 11) is -3.27. The minimum Gasteiger partial charge on any atom is -0.316 e. The van der Waals surface area contributed by atoms with E-state index in [1.54, 1.807) is 18.2 Å². The normalized spacial score (nSPS) is 11.4. The highest BCUT2D eigenvalue weighted by Crippen LogP contribution is 2.16. The third-order valence-corrected chi connectivity index (χ3v) is 3.85. The van der Waals surface area contributed by atoms with E-state index in [0.29, 0.717) is 12.2 Å². The van der Waals surface area contributed by atoms with Crippen LogP contribution < -0.4 is 10.0 Å². The van der Waals surface area contributed by atoms with Crippen LogP contribution in [0.1, 0.15) is 13.3 Å². The number of sulfonamides is 1. The number of rotatable bonds is 7. The Labute approximate surface area is 111 Å². The molecule has 0 aliphatic rings. The van der Waals surface area contributed by atoms with Crippen LogP contribution in [0.2, 0.25) is 0 Å². The smallest absolute Gasteiger partial charge is 0.233 e. The van der Waals surface area contributed by atoms with Gasteiger partial charge < -0.3 is 5.32 Å². The summed E-state index contributed by atoms with van der Waals surface area (Å²) in [6.07, 6.45) is 0.999. The molecule has 0 aliphatic heterocycles. The molecule has 0 amide bonds. The van der Waals surface area contributed by atoms with E-state index in [2.05, 4.69) is 26.0 Å². The molecule has 6 heteroatoms. The molecule has 1 rings (SSSR count). The van der Waals surface area contributed by atoms with Gasteiger partial charge in [-0.25, -0.2) is 8.42 Å². The lowest BCUT2D eigenvalue weighted by atomic mass is 10.3. The summed E-state index contributed by atoms with van der Waals surface area (Å²) >= 11 is 3.30. The Balaban J connectivity index is 2.49. The summed E-state index contributed by atoms with van der Waals surface area (Å²) in [5.74, 6) is 0.0829. The molecule has 2 N–H and O–H groups in total. The summed E-state index contributed by atoms with van der Waals surface area (Å²) in [5.41, 5.74) is 0.579. The third kappa shape index (κ3) is 6.05. The molecule has 0 heterocycles. The van der Waals surface area contributed by atoms with Gasteiger partial charge in [-0.05, 0) is 31.2 Å². The summed E-state index contributed by atoms with van der Waals surface area (Å²) in [6.45, 7) is 3.35. The first-order chi connectivity index (χ1) is 8.03. The molecule has 1 aromatic carbocycles. The van der Waals surface area contributed by atoms with Crippen molar-refractivity contribution in [2.75, 3.05) is 23.6 Å². The first-order valence-corrected chi connectivity index (χ1v) is 7.95. The van der Waals surface area contributed by atoms with Crippen molar-refractivity contribution >= 4 is 31.6 Å². The largest absolute Gasteiger partial charge is 0.316 e. The average Bonchev–Trinajstić information content (AvgIpc) is 2.24. The minimum absolute atomic E-state index is 0.0829. The quantitative estimate of drug-likeness (QED) is 0.757. The van der Waals surface area contributed by atoms with Gasteiger partial charge >= 0.3 is 0 Å². The third-order valence-electron chi connectivity index (χ3n) is 2.07. The van der Waals surface area contributed by atoms with Crippen molar-refractivity contribution in [3.63, 3.8) is 0 Å². The molecular formula is C11H17BrN2O2S. The molecule has 0 bridgehead atoms. The Kier molecular flexibility index (Phi) is 5.94. The fraction of sp³-hybridized carbons (Fsp3) is 0.455. The molecule has 1 aromatic rings. The summed E-state index contributed by atoms with van der Waals surface area (Å²) < 4.78 is 26.8. The average molecular weight is 321 g/mol. The predicted octanol–water partition coefficient (Wildman–Crippen LogP) is 2.19. The molecule has 0 aliphatic carbocycles. The molecule has 0 saturated heterocycles. The standard InChI is InChI=1S/C11H17BrN2O2S/c1-2-6-13-7-8-17(15,16)14-11-5-3-4-10(12)9-11/h3-5,9,13-14H,2,6-8H2,1H3. The van der Waals surface area contributed by atoms with Crippen LogP contribution in [0.25, 0.3) is 0 Å². The van der Waals surface area contributed by atoms with E-state index in [-0.39, 0.29) is 5.75 Å². The van der Waals surface area contributed by atoms with Crippen LogP contribution in [0.15, 0.2) is 28.7 Å².